The van der Waals surface area contributed by atoms with Crippen molar-refractivity contribution in [1.82, 2.24) is 15.5 Å². The van der Waals surface area contributed by atoms with Gasteiger partial charge in [0.1, 0.15) is 5.82 Å². The molecule has 168 valence electrons. The number of nitrogens with zero attached hydrogens (tertiary/aromatic N) is 2. The maximum absolute atomic E-state index is 13.1. The van der Waals surface area contributed by atoms with Crippen molar-refractivity contribution in [2.75, 3.05) is 6.54 Å². The molecule has 0 aliphatic heterocycles. The smallest absolute Gasteiger partial charge is 0.226 e. The number of aryl methyl sites for hydroxylation is 1. The summed E-state index contributed by atoms with van der Waals surface area (Å²) >= 11 is 0. The van der Waals surface area contributed by atoms with Gasteiger partial charge in [0.2, 0.25) is 17.6 Å². The van der Waals surface area contributed by atoms with Crippen LogP contribution in [0.25, 0.3) is 11.4 Å². The van der Waals surface area contributed by atoms with E-state index >= 15 is 0 Å². The Bertz CT molecular complexity index is 1140. The summed E-state index contributed by atoms with van der Waals surface area (Å²) in [5, 5.41) is 7.04. The van der Waals surface area contributed by atoms with Gasteiger partial charge in [-0.05, 0) is 48.7 Å². The minimum absolute atomic E-state index is 0.0219. The van der Waals surface area contributed by atoms with E-state index in [1.165, 1.54) is 12.1 Å². The number of halogens is 1. The van der Waals surface area contributed by atoms with Crippen molar-refractivity contribution in [1.29, 1.82) is 0 Å². The zero-order valence-electron chi connectivity index (χ0n) is 18.5. The standard InChI is InChI=1S/C27H26FN3O2/c1-27(21-9-4-2-5-10-21,22-11-6-3-7-12-22)19-29-24(32)13-8-14-25-30-26(31-33-25)20-15-17-23(28)18-16-20/h2-7,9-12,15-18H,8,13-14,19H2,1H3,(H,29,32). The molecule has 0 radical (unpaired) electrons. The van der Waals surface area contributed by atoms with Crippen LogP contribution >= 0.6 is 0 Å². The second-order valence-corrected chi connectivity index (χ2v) is 8.21. The van der Waals surface area contributed by atoms with E-state index in [1.54, 1.807) is 12.1 Å². The zero-order valence-corrected chi connectivity index (χ0v) is 18.5. The minimum atomic E-state index is -0.339. The Balaban J connectivity index is 1.32. The fourth-order valence-corrected chi connectivity index (χ4v) is 3.82. The first-order chi connectivity index (χ1) is 16.0. The van der Waals surface area contributed by atoms with E-state index in [-0.39, 0.29) is 17.1 Å². The molecule has 0 aliphatic rings. The number of rotatable bonds is 9. The number of nitrogens with one attached hydrogen (secondary N) is 1. The molecule has 0 atom stereocenters. The molecule has 1 heterocycles. The van der Waals surface area contributed by atoms with Gasteiger partial charge in [0.25, 0.3) is 0 Å². The van der Waals surface area contributed by atoms with E-state index in [9.17, 15) is 9.18 Å². The van der Waals surface area contributed by atoms with Crippen LogP contribution < -0.4 is 5.32 Å². The highest BCUT2D eigenvalue weighted by atomic mass is 19.1. The molecule has 0 saturated carbocycles. The van der Waals surface area contributed by atoms with Crippen LogP contribution in [0.5, 0.6) is 0 Å². The molecule has 0 saturated heterocycles. The summed E-state index contributed by atoms with van der Waals surface area (Å²) < 4.78 is 18.4. The van der Waals surface area contributed by atoms with Gasteiger partial charge in [0.15, 0.2) is 0 Å². The lowest BCUT2D eigenvalue weighted by molar-refractivity contribution is -0.121. The lowest BCUT2D eigenvalue weighted by Gasteiger charge is -2.31. The highest BCUT2D eigenvalue weighted by Gasteiger charge is 2.29. The molecule has 4 aromatic rings. The van der Waals surface area contributed by atoms with Crippen molar-refractivity contribution in [2.45, 2.75) is 31.6 Å². The van der Waals surface area contributed by atoms with E-state index in [0.717, 1.165) is 11.1 Å². The molecular formula is C27H26FN3O2. The summed E-state index contributed by atoms with van der Waals surface area (Å²) in [5.74, 6) is 0.534. The molecule has 6 heteroatoms. The molecule has 3 aromatic carbocycles. The number of carbonyl (C=O) groups is 1. The quantitative estimate of drug-likeness (QED) is 0.380. The highest BCUT2D eigenvalue weighted by Crippen LogP contribution is 2.31. The molecule has 0 spiro atoms. The van der Waals surface area contributed by atoms with Crippen molar-refractivity contribution in [3.8, 4) is 11.4 Å². The third kappa shape index (κ3) is 5.52. The number of carbonyl (C=O) groups excluding carboxylic acids is 1. The number of aromatic nitrogens is 2. The van der Waals surface area contributed by atoms with E-state index < -0.39 is 0 Å². The molecule has 1 N–H and O–H groups in total. The Kier molecular flexibility index (Phi) is 6.93. The SMILES string of the molecule is CC(CNC(=O)CCCc1nc(-c2ccc(F)cc2)no1)(c1ccccc1)c1ccccc1. The summed E-state index contributed by atoms with van der Waals surface area (Å²) in [5.41, 5.74) is 2.64. The summed E-state index contributed by atoms with van der Waals surface area (Å²) in [6, 6.07) is 26.3. The van der Waals surface area contributed by atoms with Gasteiger partial charge in [-0.1, -0.05) is 65.8 Å². The summed E-state index contributed by atoms with van der Waals surface area (Å²) in [6.45, 7) is 2.64. The average Bonchev–Trinajstić information content (AvgIpc) is 3.33. The first-order valence-corrected chi connectivity index (χ1v) is 11.0. The fraction of sp³-hybridized carbons (Fsp3) is 0.222. The fourth-order valence-electron chi connectivity index (χ4n) is 3.82. The van der Waals surface area contributed by atoms with Crippen molar-refractivity contribution < 1.29 is 13.7 Å². The molecular weight excluding hydrogens is 417 g/mol. The van der Waals surface area contributed by atoms with Crippen LogP contribution in [0.1, 0.15) is 36.8 Å². The van der Waals surface area contributed by atoms with Gasteiger partial charge < -0.3 is 9.84 Å². The molecule has 1 aromatic heterocycles. The largest absolute Gasteiger partial charge is 0.355 e. The number of hydrogen-bond acceptors (Lipinski definition) is 4. The van der Waals surface area contributed by atoms with Crippen LogP contribution in [0.3, 0.4) is 0 Å². The van der Waals surface area contributed by atoms with E-state index in [1.807, 2.05) is 36.4 Å². The van der Waals surface area contributed by atoms with Gasteiger partial charge in [0.05, 0.1) is 0 Å². The first kappa shape index (κ1) is 22.4. The predicted molar refractivity (Wildman–Crippen MR) is 125 cm³/mol. The summed E-state index contributed by atoms with van der Waals surface area (Å²) in [4.78, 5) is 16.9. The van der Waals surface area contributed by atoms with Gasteiger partial charge in [-0.15, -0.1) is 0 Å². The zero-order chi connectivity index (χ0) is 23.1. The third-order valence-electron chi connectivity index (χ3n) is 5.83. The maximum atomic E-state index is 13.1. The topological polar surface area (TPSA) is 68.0 Å². The van der Waals surface area contributed by atoms with Gasteiger partial charge in [-0.3, -0.25) is 4.79 Å². The van der Waals surface area contributed by atoms with Crippen LogP contribution in [-0.2, 0) is 16.6 Å². The van der Waals surface area contributed by atoms with Gasteiger partial charge >= 0.3 is 0 Å². The lowest BCUT2D eigenvalue weighted by Crippen LogP contribution is -2.39. The second-order valence-electron chi connectivity index (χ2n) is 8.21. The normalized spacial score (nSPS) is 11.3. The third-order valence-corrected chi connectivity index (χ3v) is 5.83. The van der Waals surface area contributed by atoms with Crippen LogP contribution in [0.2, 0.25) is 0 Å². The molecule has 4 rings (SSSR count). The van der Waals surface area contributed by atoms with Crippen LogP contribution in [-0.4, -0.2) is 22.6 Å². The first-order valence-electron chi connectivity index (χ1n) is 11.0. The monoisotopic (exact) mass is 443 g/mol. The van der Waals surface area contributed by atoms with Gasteiger partial charge in [-0.25, -0.2) is 4.39 Å². The molecule has 0 aliphatic carbocycles. The van der Waals surface area contributed by atoms with Gasteiger partial charge in [-0.2, -0.15) is 4.98 Å². The van der Waals surface area contributed by atoms with Crippen molar-refractivity contribution >= 4 is 5.91 Å². The Hall–Kier alpha value is -3.80. The Labute approximate surface area is 192 Å². The lowest BCUT2D eigenvalue weighted by atomic mass is 9.76. The molecule has 33 heavy (non-hydrogen) atoms. The summed E-state index contributed by atoms with van der Waals surface area (Å²) in [6.07, 6.45) is 1.44. The van der Waals surface area contributed by atoms with Crippen molar-refractivity contribution in [3.63, 3.8) is 0 Å². The molecule has 0 unspecified atom stereocenters. The predicted octanol–water partition coefficient (Wildman–Crippen LogP) is 5.32. The highest BCUT2D eigenvalue weighted by molar-refractivity contribution is 5.76. The Morgan fingerprint density at radius 3 is 2.15 bits per heavy atom. The van der Waals surface area contributed by atoms with Crippen molar-refractivity contribution in [3.05, 3.63) is 108 Å². The van der Waals surface area contributed by atoms with Crippen LogP contribution in [0.4, 0.5) is 4.39 Å². The van der Waals surface area contributed by atoms with Crippen LogP contribution in [0, 0.1) is 5.82 Å². The molecule has 1 amide bonds. The van der Waals surface area contributed by atoms with Crippen LogP contribution in [0.15, 0.2) is 89.5 Å². The Morgan fingerprint density at radius 1 is 0.939 bits per heavy atom. The maximum Gasteiger partial charge on any atom is 0.226 e. The second kappa shape index (κ2) is 10.2. The number of benzene rings is 3. The summed E-state index contributed by atoms with van der Waals surface area (Å²) in [7, 11) is 0. The molecule has 0 fully saturated rings. The number of hydrogen-bond donors (Lipinski definition) is 1. The van der Waals surface area contributed by atoms with Crippen molar-refractivity contribution in [2.24, 2.45) is 0 Å². The van der Waals surface area contributed by atoms with E-state index in [2.05, 4.69) is 46.6 Å². The average molecular weight is 444 g/mol. The van der Waals surface area contributed by atoms with E-state index in [0.29, 0.717) is 43.1 Å². The minimum Gasteiger partial charge on any atom is -0.355 e. The number of amides is 1. The Morgan fingerprint density at radius 2 is 1.55 bits per heavy atom. The molecule has 5 nitrogen and oxygen atoms in total. The van der Waals surface area contributed by atoms with E-state index in [4.69, 9.17) is 4.52 Å². The van der Waals surface area contributed by atoms with Gasteiger partial charge in [0, 0.05) is 30.4 Å². The molecule has 0 bridgehead atoms.